The quantitative estimate of drug-likeness (QED) is 0.647. The molecule has 1 fully saturated rings. The second-order valence-corrected chi connectivity index (χ2v) is 5.25. The number of benzene rings is 1. The largest absolute Gasteiger partial charge is 0.504 e. The van der Waals surface area contributed by atoms with E-state index < -0.39 is 0 Å². The van der Waals surface area contributed by atoms with Crippen LogP contribution in [0.5, 0.6) is 11.5 Å². The first-order valence-electron chi connectivity index (χ1n) is 6.87. The molecule has 0 amide bonds. The van der Waals surface area contributed by atoms with E-state index in [1.807, 2.05) is 0 Å². The number of aromatic hydroxyl groups is 2. The normalized spacial score (nSPS) is 17.5. The number of piperidine rings is 1. The smallest absolute Gasteiger partial charge is 0.176 e. The predicted molar refractivity (Wildman–Crippen MR) is 73.6 cm³/mol. The van der Waals surface area contributed by atoms with Crippen molar-refractivity contribution in [3.63, 3.8) is 0 Å². The Balaban J connectivity index is 1.92. The number of hydrogen-bond donors (Lipinski definition) is 2. The summed E-state index contributed by atoms with van der Waals surface area (Å²) in [5.74, 6) is 0.352. The van der Waals surface area contributed by atoms with Gasteiger partial charge in [-0.15, -0.1) is 0 Å². The first-order chi connectivity index (χ1) is 9.10. The fraction of sp³-hybridized carbons (Fsp3) is 0.533. The number of Topliss-reactive ketones (excluding diaryl/α,β-unsaturated/α-hetero) is 1. The van der Waals surface area contributed by atoms with E-state index in [1.165, 1.54) is 18.6 Å². The highest BCUT2D eigenvalue weighted by molar-refractivity contribution is 5.98. The van der Waals surface area contributed by atoms with Crippen LogP contribution in [-0.4, -0.2) is 40.5 Å². The third-order valence-corrected chi connectivity index (χ3v) is 3.95. The second-order valence-electron chi connectivity index (χ2n) is 5.25. The molecule has 1 heterocycles. The summed E-state index contributed by atoms with van der Waals surface area (Å²) in [5.41, 5.74) is 0.452. The van der Waals surface area contributed by atoms with Crippen molar-refractivity contribution in [1.29, 1.82) is 0 Å². The highest BCUT2D eigenvalue weighted by Gasteiger charge is 2.20. The first-order valence-corrected chi connectivity index (χ1v) is 6.87. The van der Waals surface area contributed by atoms with Crippen molar-refractivity contribution in [2.45, 2.75) is 26.2 Å². The number of hydrogen-bond acceptors (Lipinski definition) is 4. The van der Waals surface area contributed by atoms with E-state index in [0.29, 0.717) is 12.1 Å². The van der Waals surface area contributed by atoms with E-state index in [9.17, 15) is 15.0 Å². The lowest BCUT2D eigenvalue weighted by Crippen LogP contribution is -2.37. The molecular weight excluding hydrogens is 242 g/mol. The van der Waals surface area contributed by atoms with Gasteiger partial charge in [0, 0.05) is 5.56 Å². The summed E-state index contributed by atoms with van der Waals surface area (Å²) in [6.45, 7) is 4.54. The Morgan fingerprint density at radius 1 is 1.26 bits per heavy atom. The van der Waals surface area contributed by atoms with Crippen molar-refractivity contribution in [2.75, 3.05) is 19.6 Å². The van der Waals surface area contributed by atoms with Crippen LogP contribution >= 0.6 is 0 Å². The zero-order chi connectivity index (χ0) is 13.8. The van der Waals surface area contributed by atoms with E-state index in [1.54, 1.807) is 6.07 Å². The molecule has 0 saturated carbocycles. The Kier molecular flexibility index (Phi) is 4.43. The van der Waals surface area contributed by atoms with E-state index >= 15 is 0 Å². The van der Waals surface area contributed by atoms with Gasteiger partial charge >= 0.3 is 0 Å². The predicted octanol–water partition coefficient (Wildman–Crippen LogP) is 2.40. The van der Waals surface area contributed by atoms with E-state index in [4.69, 9.17) is 0 Å². The lowest BCUT2D eigenvalue weighted by atomic mass is 9.94. The van der Waals surface area contributed by atoms with Crippen LogP contribution in [0.25, 0.3) is 0 Å². The maximum absolute atomic E-state index is 12.1. The van der Waals surface area contributed by atoms with Crippen LogP contribution in [0.2, 0.25) is 0 Å². The lowest BCUT2D eigenvalue weighted by Gasteiger charge is -2.30. The summed E-state index contributed by atoms with van der Waals surface area (Å²) in [5, 5.41) is 18.6. The number of ketones is 1. The van der Waals surface area contributed by atoms with E-state index in [2.05, 4.69) is 11.8 Å². The Bertz CT molecular complexity index is 451. The minimum atomic E-state index is -0.240. The number of nitrogens with zero attached hydrogens (tertiary/aromatic N) is 1. The van der Waals surface area contributed by atoms with Crippen molar-refractivity contribution < 1.29 is 15.0 Å². The van der Waals surface area contributed by atoms with Gasteiger partial charge < -0.3 is 10.2 Å². The molecule has 2 N–H and O–H groups in total. The minimum Gasteiger partial charge on any atom is -0.504 e. The van der Waals surface area contributed by atoms with Gasteiger partial charge in [-0.1, -0.05) is 13.3 Å². The van der Waals surface area contributed by atoms with Gasteiger partial charge in [-0.25, -0.2) is 0 Å². The van der Waals surface area contributed by atoms with Gasteiger partial charge in [-0.3, -0.25) is 9.69 Å². The zero-order valence-corrected chi connectivity index (χ0v) is 11.3. The maximum atomic E-state index is 12.1. The highest BCUT2D eigenvalue weighted by Crippen LogP contribution is 2.25. The van der Waals surface area contributed by atoms with Crippen LogP contribution in [0, 0.1) is 5.92 Å². The van der Waals surface area contributed by atoms with Gasteiger partial charge in [0.1, 0.15) is 0 Å². The SMILES string of the molecule is CCC1CCN(CC(=O)c2ccc(O)c(O)c2)CC1. The molecule has 0 radical (unpaired) electrons. The summed E-state index contributed by atoms with van der Waals surface area (Å²) in [6.07, 6.45) is 3.53. The Morgan fingerprint density at radius 3 is 2.53 bits per heavy atom. The van der Waals surface area contributed by atoms with Crippen molar-refractivity contribution in [2.24, 2.45) is 5.92 Å². The van der Waals surface area contributed by atoms with Crippen molar-refractivity contribution >= 4 is 5.78 Å². The molecule has 1 aliphatic heterocycles. The molecule has 1 aromatic carbocycles. The van der Waals surface area contributed by atoms with E-state index in [0.717, 1.165) is 31.8 Å². The van der Waals surface area contributed by atoms with Crippen molar-refractivity contribution in [3.8, 4) is 11.5 Å². The Labute approximate surface area is 113 Å². The molecule has 19 heavy (non-hydrogen) atoms. The molecule has 0 spiro atoms. The van der Waals surface area contributed by atoms with Crippen LogP contribution in [0.3, 0.4) is 0 Å². The molecule has 4 heteroatoms. The standard InChI is InChI=1S/C15H21NO3/c1-2-11-5-7-16(8-6-11)10-15(19)12-3-4-13(17)14(18)9-12/h3-4,9,11,17-18H,2,5-8,10H2,1H3. The molecule has 2 rings (SSSR count). The Morgan fingerprint density at radius 2 is 1.95 bits per heavy atom. The van der Waals surface area contributed by atoms with E-state index in [-0.39, 0.29) is 17.3 Å². The first kappa shape index (κ1) is 13.9. The molecule has 0 bridgehead atoms. The summed E-state index contributed by atoms with van der Waals surface area (Å²) in [6, 6.07) is 4.23. The van der Waals surface area contributed by atoms with Crippen molar-refractivity contribution in [1.82, 2.24) is 4.90 Å². The van der Waals surface area contributed by atoms with Crippen LogP contribution in [-0.2, 0) is 0 Å². The fourth-order valence-electron chi connectivity index (χ4n) is 2.54. The number of rotatable bonds is 4. The molecule has 1 saturated heterocycles. The maximum Gasteiger partial charge on any atom is 0.176 e. The van der Waals surface area contributed by atoms with Crippen molar-refractivity contribution in [3.05, 3.63) is 23.8 Å². The number of carbonyl (C=O) groups is 1. The van der Waals surface area contributed by atoms with Gasteiger partial charge in [-0.2, -0.15) is 0 Å². The van der Waals surface area contributed by atoms with Crippen LogP contribution in [0.1, 0.15) is 36.5 Å². The molecule has 4 nitrogen and oxygen atoms in total. The summed E-state index contributed by atoms with van der Waals surface area (Å²) >= 11 is 0. The third-order valence-electron chi connectivity index (χ3n) is 3.95. The molecule has 0 unspecified atom stereocenters. The third kappa shape index (κ3) is 3.47. The fourth-order valence-corrected chi connectivity index (χ4v) is 2.54. The average Bonchev–Trinajstić information content (AvgIpc) is 2.42. The molecular formula is C15H21NO3. The van der Waals surface area contributed by atoms with Gasteiger partial charge in [0.05, 0.1) is 6.54 Å². The zero-order valence-electron chi connectivity index (χ0n) is 11.3. The van der Waals surface area contributed by atoms with Gasteiger partial charge in [-0.05, 0) is 50.0 Å². The number of likely N-dealkylation sites (tertiary alicyclic amines) is 1. The minimum absolute atomic E-state index is 0.00903. The number of phenols is 2. The molecule has 1 aromatic rings. The topological polar surface area (TPSA) is 60.8 Å². The summed E-state index contributed by atoms with van der Waals surface area (Å²) in [7, 11) is 0. The monoisotopic (exact) mass is 263 g/mol. The molecule has 1 aliphatic rings. The number of phenolic OH excluding ortho intramolecular Hbond substituents is 2. The van der Waals surface area contributed by atoms with Crippen LogP contribution in [0.15, 0.2) is 18.2 Å². The molecule has 0 aromatic heterocycles. The lowest BCUT2D eigenvalue weighted by molar-refractivity contribution is 0.0894. The molecule has 0 aliphatic carbocycles. The Hall–Kier alpha value is -1.55. The second kappa shape index (κ2) is 6.06. The molecule has 104 valence electrons. The number of carbonyl (C=O) groups excluding carboxylic acids is 1. The highest BCUT2D eigenvalue weighted by atomic mass is 16.3. The summed E-state index contributed by atoms with van der Waals surface area (Å²) in [4.78, 5) is 14.3. The van der Waals surface area contributed by atoms with Crippen LogP contribution in [0.4, 0.5) is 0 Å². The van der Waals surface area contributed by atoms with Gasteiger partial charge in [0.15, 0.2) is 17.3 Å². The van der Waals surface area contributed by atoms with Gasteiger partial charge in [0.25, 0.3) is 0 Å². The van der Waals surface area contributed by atoms with Crippen LogP contribution < -0.4 is 0 Å². The van der Waals surface area contributed by atoms with Gasteiger partial charge in [0.2, 0.25) is 0 Å². The average molecular weight is 263 g/mol. The molecule has 0 atom stereocenters. The summed E-state index contributed by atoms with van der Waals surface area (Å²) < 4.78 is 0.